The molecule has 0 aliphatic rings. The van der Waals surface area contributed by atoms with E-state index in [0.29, 0.717) is 12.1 Å². The Kier molecular flexibility index (Phi) is 8.43. The van der Waals surface area contributed by atoms with Crippen molar-refractivity contribution < 1.29 is 50.6 Å². The molecule has 1 aromatic carbocycles. The Bertz CT molecular complexity index is 784. The first-order valence-corrected chi connectivity index (χ1v) is 8.37. The first-order chi connectivity index (χ1) is 13.7. The molecule has 0 heterocycles. The van der Waals surface area contributed by atoms with E-state index in [2.05, 4.69) is 4.74 Å². The third-order valence-electron chi connectivity index (χ3n) is 3.56. The number of carbonyl (C=O) groups is 3. The van der Waals surface area contributed by atoms with Gasteiger partial charge in [0.1, 0.15) is 6.04 Å². The fourth-order valence-corrected chi connectivity index (χ4v) is 2.26. The van der Waals surface area contributed by atoms with Crippen molar-refractivity contribution in [1.29, 1.82) is 0 Å². The molecule has 1 atom stereocenters. The molecule has 0 bridgehead atoms. The normalized spacial score (nSPS) is 13.2. The lowest BCUT2D eigenvalue weighted by Crippen LogP contribution is -2.41. The standard InChI is InChI=1S/C18H17F6NO5/c1-2-30-15(27)5-3-4-13(16(28)29)25-14(26)8-10-6-11(17(19,20)21)9-12(7-10)18(22,23)24/h3,5-7,9,13H,2,4,8H2,1H3,(H,25,26)(H,28,29)/b5-3+/t13-/m1/s1. The van der Waals surface area contributed by atoms with E-state index in [1.807, 2.05) is 5.32 Å². The molecule has 30 heavy (non-hydrogen) atoms. The molecule has 0 radical (unpaired) electrons. The zero-order valence-electron chi connectivity index (χ0n) is 15.4. The van der Waals surface area contributed by atoms with E-state index >= 15 is 0 Å². The summed E-state index contributed by atoms with van der Waals surface area (Å²) in [7, 11) is 0. The summed E-state index contributed by atoms with van der Waals surface area (Å²) in [5.74, 6) is -3.38. The van der Waals surface area contributed by atoms with Gasteiger partial charge in [-0.3, -0.25) is 4.79 Å². The number of aliphatic carboxylic acids is 1. The molecule has 1 rings (SSSR count). The summed E-state index contributed by atoms with van der Waals surface area (Å²) >= 11 is 0. The molecule has 0 saturated carbocycles. The zero-order valence-corrected chi connectivity index (χ0v) is 15.4. The molecule has 0 spiro atoms. The lowest BCUT2D eigenvalue weighted by Gasteiger charge is -2.15. The summed E-state index contributed by atoms with van der Waals surface area (Å²) < 4.78 is 81.7. The minimum absolute atomic E-state index is 0.0817. The zero-order chi connectivity index (χ0) is 23.1. The van der Waals surface area contributed by atoms with Crippen LogP contribution in [0.4, 0.5) is 26.3 Å². The minimum Gasteiger partial charge on any atom is -0.480 e. The number of benzene rings is 1. The van der Waals surface area contributed by atoms with Gasteiger partial charge in [0.15, 0.2) is 0 Å². The van der Waals surface area contributed by atoms with Crippen LogP contribution in [0.5, 0.6) is 0 Å². The third kappa shape index (κ3) is 8.13. The molecule has 0 unspecified atom stereocenters. The fraction of sp³-hybridized carbons (Fsp3) is 0.389. The van der Waals surface area contributed by atoms with E-state index in [0.717, 1.165) is 12.2 Å². The van der Waals surface area contributed by atoms with Gasteiger partial charge in [0, 0.05) is 6.08 Å². The number of carboxylic acid groups (broad SMARTS) is 1. The molecule has 0 aliphatic carbocycles. The topological polar surface area (TPSA) is 92.7 Å². The van der Waals surface area contributed by atoms with Crippen LogP contribution in [0.25, 0.3) is 0 Å². The van der Waals surface area contributed by atoms with Crippen molar-refractivity contribution in [3.05, 3.63) is 47.0 Å². The summed E-state index contributed by atoms with van der Waals surface area (Å²) in [6.45, 7) is 1.63. The van der Waals surface area contributed by atoms with Crippen LogP contribution in [0.15, 0.2) is 30.4 Å². The largest absolute Gasteiger partial charge is 0.480 e. The van der Waals surface area contributed by atoms with Gasteiger partial charge in [-0.2, -0.15) is 26.3 Å². The highest BCUT2D eigenvalue weighted by atomic mass is 19.4. The van der Waals surface area contributed by atoms with Crippen molar-refractivity contribution in [3.8, 4) is 0 Å². The van der Waals surface area contributed by atoms with Crippen LogP contribution in [0, 0.1) is 0 Å². The average molecular weight is 441 g/mol. The van der Waals surface area contributed by atoms with Crippen molar-refractivity contribution in [3.63, 3.8) is 0 Å². The van der Waals surface area contributed by atoms with E-state index in [-0.39, 0.29) is 19.1 Å². The SMILES string of the molecule is CCOC(=O)/C=C/C[C@@H](NC(=O)Cc1cc(C(F)(F)F)cc(C(F)(F)F)c1)C(=O)O. The van der Waals surface area contributed by atoms with Crippen molar-refractivity contribution >= 4 is 17.8 Å². The smallest absolute Gasteiger partial charge is 0.416 e. The van der Waals surface area contributed by atoms with Gasteiger partial charge in [-0.15, -0.1) is 0 Å². The highest BCUT2D eigenvalue weighted by molar-refractivity contribution is 5.85. The van der Waals surface area contributed by atoms with Gasteiger partial charge in [0.2, 0.25) is 5.91 Å². The number of amides is 1. The second-order valence-corrected chi connectivity index (χ2v) is 5.94. The number of hydrogen-bond donors (Lipinski definition) is 2. The van der Waals surface area contributed by atoms with E-state index in [9.17, 15) is 40.7 Å². The molecule has 6 nitrogen and oxygen atoms in total. The molecule has 2 N–H and O–H groups in total. The molecular formula is C18H17F6NO5. The van der Waals surface area contributed by atoms with Crippen LogP contribution >= 0.6 is 0 Å². The Hall–Kier alpha value is -3.05. The predicted octanol–water partition coefficient (Wildman–Crippen LogP) is 3.35. The van der Waals surface area contributed by atoms with Crippen LogP contribution in [0.1, 0.15) is 30.0 Å². The van der Waals surface area contributed by atoms with E-state index in [1.54, 1.807) is 6.92 Å². The Labute approximate surface area is 166 Å². The number of rotatable bonds is 8. The van der Waals surface area contributed by atoms with Gasteiger partial charge < -0.3 is 15.2 Å². The monoisotopic (exact) mass is 441 g/mol. The highest BCUT2D eigenvalue weighted by Gasteiger charge is 2.37. The van der Waals surface area contributed by atoms with Gasteiger partial charge in [0.05, 0.1) is 24.2 Å². The highest BCUT2D eigenvalue weighted by Crippen LogP contribution is 2.36. The van der Waals surface area contributed by atoms with Crippen LogP contribution < -0.4 is 5.32 Å². The van der Waals surface area contributed by atoms with E-state index < -0.39 is 59.4 Å². The number of esters is 1. The molecule has 1 amide bonds. The van der Waals surface area contributed by atoms with Crippen molar-refractivity contribution in [2.45, 2.75) is 38.2 Å². The Morgan fingerprint density at radius 3 is 2.03 bits per heavy atom. The van der Waals surface area contributed by atoms with Crippen molar-refractivity contribution in [2.24, 2.45) is 0 Å². The fourth-order valence-electron chi connectivity index (χ4n) is 2.26. The number of nitrogens with one attached hydrogen (secondary N) is 1. The van der Waals surface area contributed by atoms with Gasteiger partial charge in [0.25, 0.3) is 0 Å². The van der Waals surface area contributed by atoms with Crippen LogP contribution in [-0.4, -0.2) is 35.6 Å². The lowest BCUT2D eigenvalue weighted by atomic mass is 10.0. The maximum atomic E-state index is 12.9. The maximum absolute atomic E-state index is 12.9. The molecule has 0 aromatic heterocycles. The maximum Gasteiger partial charge on any atom is 0.416 e. The first-order valence-electron chi connectivity index (χ1n) is 8.37. The average Bonchev–Trinajstić information content (AvgIpc) is 2.59. The van der Waals surface area contributed by atoms with Crippen LogP contribution in [-0.2, 0) is 37.9 Å². The number of ether oxygens (including phenoxy) is 1. The Morgan fingerprint density at radius 2 is 1.60 bits per heavy atom. The molecule has 0 fully saturated rings. The van der Waals surface area contributed by atoms with Gasteiger partial charge >= 0.3 is 24.3 Å². The summed E-state index contributed by atoms with van der Waals surface area (Å²) in [5, 5.41) is 11.1. The summed E-state index contributed by atoms with van der Waals surface area (Å²) in [6.07, 6.45) is -9.41. The van der Waals surface area contributed by atoms with E-state index in [4.69, 9.17) is 5.11 Å². The molecule has 1 aromatic rings. The number of hydrogen-bond acceptors (Lipinski definition) is 4. The number of carboxylic acids is 1. The molecule has 12 heteroatoms. The molecule has 0 aliphatic heterocycles. The molecule has 0 saturated heterocycles. The van der Waals surface area contributed by atoms with Crippen molar-refractivity contribution in [1.82, 2.24) is 5.32 Å². The number of carbonyl (C=O) groups excluding carboxylic acids is 2. The number of halogens is 6. The second kappa shape index (κ2) is 10.1. The van der Waals surface area contributed by atoms with Crippen molar-refractivity contribution in [2.75, 3.05) is 6.61 Å². The Morgan fingerprint density at radius 1 is 1.07 bits per heavy atom. The van der Waals surface area contributed by atoms with Crippen LogP contribution in [0.3, 0.4) is 0 Å². The van der Waals surface area contributed by atoms with Gasteiger partial charge in [-0.25, -0.2) is 9.59 Å². The van der Waals surface area contributed by atoms with Gasteiger partial charge in [-0.05, 0) is 37.1 Å². The second-order valence-electron chi connectivity index (χ2n) is 5.94. The summed E-state index contributed by atoms with van der Waals surface area (Å²) in [4.78, 5) is 34.3. The van der Waals surface area contributed by atoms with Gasteiger partial charge in [-0.1, -0.05) is 6.08 Å². The number of alkyl halides is 6. The summed E-state index contributed by atoms with van der Waals surface area (Å²) in [5.41, 5.74) is -3.78. The predicted molar refractivity (Wildman–Crippen MR) is 90.1 cm³/mol. The third-order valence-corrected chi connectivity index (χ3v) is 3.56. The van der Waals surface area contributed by atoms with Crippen LogP contribution in [0.2, 0.25) is 0 Å². The summed E-state index contributed by atoms with van der Waals surface area (Å²) in [6, 6.07) is -0.880. The lowest BCUT2D eigenvalue weighted by molar-refractivity contribution is -0.143. The minimum atomic E-state index is -5.08. The quantitative estimate of drug-likeness (QED) is 0.367. The Balaban J connectivity index is 2.96. The molecule has 166 valence electrons. The first kappa shape index (κ1) is 25.0. The molecular weight excluding hydrogens is 424 g/mol. The van der Waals surface area contributed by atoms with E-state index in [1.165, 1.54) is 0 Å².